The van der Waals surface area contributed by atoms with E-state index in [9.17, 15) is 0 Å². The highest BCUT2D eigenvalue weighted by molar-refractivity contribution is 7.32. The van der Waals surface area contributed by atoms with Crippen LogP contribution in [0.15, 0.2) is 65.3 Å². The molecule has 0 saturated heterocycles. The third-order valence-corrected chi connectivity index (χ3v) is 17.0. The van der Waals surface area contributed by atoms with Gasteiger partial charge < -0.3 is 25.8 Å². The summed E-state index contributed by atoms with van der Waals surface area (Å²) < 4.78 is 43.3. The first-order valence-corrected chi connectivity index (χ1v) is 29.1. The van der Waals surface area contributed by atoms with Crippen molar-refractivity contribution in [1.82, 2.24) is 0 Å². The van der Waals surface area contributed by atoms with Crippen molar-refractivity contribution in [1.29, 1.82) is 0 Å². The molecular formula is C66H92O6P2. The second-order valence-electron chi connectivity index (χ2n) is 29.7. The SMILES string of the molecule is Cc1c(C(C)(C)C)cc(C(C)(C)C)c2op(Oc3cccc(Op4oc5c(C(C)(C)C)cc(C(C)(C)C)c(C)c5c5c(C)c(C(C)(C)C)cc(C(C)(C)C)c5o4)c3)oc3c(C(C)(C)C)cc(C(C)(C)C)c(C)c3c12. The molecule has 0 atom stereocenters. The lowest BCUT2D eigenvalue weighted by atomic mass is 9.74. The topological polar surface area (TPSA) is 71.0 Å². The molecule has 5 aromatic carbocycles. The van der Waals surface area contributed by atoms with Crippen LogP contribution >= 0.6 is 16.5 Å². The molecule has 0 unspecified atom stereocenters. The Labute approximate surface area is 448 Å². The van der Waals surface area contributed by atoms with Crippen molar-refractivity contribution >= 4 is 60.4 Å². The molecule has 0 radical (unpaired) electrons. The lowest BCUT2D eigenvalue weighted by Gasteiger charge is -2.30. The van der Waals surface area contributed by atoms with Crippen molar-refractivity contribution in [3.8, 4) is 11.5 Å². The Morgan fingerprint density at radius 3 is 0.649 bits per heavy atom. The van der Waals surface area contributed by atoms with E-state index in [4.69, 9.17) is 25.8 Å². The zero-order valence-electron chi connectivity index (χ0n) is 51.0. The van der Waals surface area contributed by atoms with Gasteiger partial charge in [-0.3, -0.25) is 0 Å². The molecule has 0 N–H and O–H groups in total. The highest BCUT2D eigenvalue weighted by Gasteiger charge is 2.35. The quantitative estimate of drug-likeness (QED) is 0.175. The largest absolute Gasteiger partial charge is 0.453 e. The highest BCUT2D eigenvalue weighted by atomic mass is 31.1. The van der Waals surface area contributed by atoms with Gasteiger partial charge in [0.1, 0.15) is 33.8 Å². The van der Waals surface area contributed by atoms with E-state index in [0.717, 1.165) is 66.1 Å². The second kappa shape index (κ2) is 18.6. The number of benzene rings is 5. The van der Waals surface area contributed by atoms with Crippen molar-refractivity contribution in [2.75, 3.05) is 0 Å². The van der Waals surface area contributed by atoms with Gasteiger partial charge in [0.25, 0.3) is 0 Å². The van der Waals surface area contributed by atoms with E-state index in [2.05, 4.69) is 218 Å². The zero-order valence-corrected chi connectivity index (χ0v) is 52.8. The highest BCUT2D eigenvalue weighted by Crippen LogP contribution is 2.52. The molecule has 7 rings (SSSR count). The van der Waals surface area contributed by atoms with E-state index in [1.54, 1.807) is 0 Å². The van der Waals surface area contributed by atoms with Crippen LogP contribution in [0.25, 0.3) is 43.9 Å². The van der Waals surface area contributed by atoms with Crippen molar-refractivity contribution in [2.24, 2.45) is 0 Å². The lowest BCUT2D eigenvalue weighted by Crippen LogP contribution is -2.19. The maximum Gasteiger partial charge on any atom is 0.453 e. The monoisotopic (exact) mass is 1040 g/mol. The Morgan fingerprint density at radius 2 is 0.473 bits per heavy atom. The molecule has 0 amide bonds. The fourth-order valence-corrected chi connectivity index (χ4v) is 13.3. The van der Waals surface area contributed by atoms with Crippen LogP contribution in [-0.4, -0.2) is 0 Å². The first kappa shape index (κ1) is 57.2. The van der Waals surface area contributed by atoms with Gasteiger partial charge >= 0.3 is 16.5 Å². The Balaban J connectivity index is 1.56. The molecule has 0 bridgehead atoms. The predicted octanol–water partition coefficient (Wildman–Crippen LogP) is 22.2. The summed E-state index contributed by atoms with van der Waals surface area (Å²) in [4.78, 5) is 0. The van der Waals surface area contributed by atoms with Gasteiger partial charge in [-0.1, -0.05) is 197 Å². The molecule has 0 aliphatic carbocycles. The third kappa shape index (κ3) is 10.9. The van der Waals surface area contributed by atoms with Crippen LogP contribution in [-0.2, 0) is 43.3 Å². The fraction of sp³-hybridized carbons (Fsp3) is 0.545. The molecule has 0 aliphatic rings. The minimum Gasteiger partial charge on any atom is -0.391 e. The van der Waals surface area contributed by atoms with Crippen molar-refractivity contribution in [2.45, 2.75) is 237 Å². The van der Waals surface area contributed by atoms with Gasteiger partial charge in [-0.15, -0.1) is 0 Å². The Bertz CT molecular complexity index is 3010. The number of aryl methyl sites for hydroxylation is 4. The van der Waals surface area contributed by atoms with Crippen LogP contribution in [0, 0.1) is 27.7 Å². The van der Waals surface area contributed by atoms with E-state index in [1.165, 1.54) is 44.5 Å². The Kier molecular flexibility index (Phi) is 14.4. The van der Waals surface area contributed by atoms with Crippen LogP contribution in [0.5, 0.6) is 11.5 Å². The second-order valence-corrected chi connectivity index (χ2v) is 31.7. The van der Waals surface area contributed by atoms with Gasteiger partial charge in [0, 0.05) is 49.9 Å². The molecule has 7 aromatic rings. The summed E-state index contributed by atoms with van der Waals surface area (Å²) in [5.41, 5.74) is 16.1. The average molecular weight is 1040 g/mol. The minimum absolute atomic E-state index is 0.127. The maximum absolute atomic E-state index is 7.30. The summed E-state index contributed by atoms with van der Waals surface area (Å²) in [7, 11) is -4.12. The van der Waals surface area contributed by atoms with Gasteiger partial charge in [-0.2, -0.15) is 0 Å². The lowest BCUT2D eigenvalue weighted by molar-refractivity contribution is 0.478. The van der Waals surface area contributed by atoms with E-state index < -0.39 is 16.5 Å². The maximum atomic E-state index is 7.30. The van der Waals surface area contributed by atoms with Gasteiger partial charge in [0.15, 0.2) is 0 Å². The normalized spacial score (nSPS) is 13.7. The third-order valence-electron chi connectivity index (χ3n) is 15.0. The van der Waals surface area contributed by atoms with Crippen molar-refractivity contribution in [3.05, 3.63) is 115 Å². The summed E-state index contributed by atoms with van der Waals surface area (Å²) in [5.74, 6) is 1.10. The fourth-order valence-electron chi connectivity index (χ4n) is 11.1. The molecule has 8 heteroatoms. The van der Waals surface area contributed by atoms with Gasteiger partial charge in [-0.05, 0) is 128 Å². The van der Waals surface area contributed by atoms with Gasteiger partial charge in [0.05, 0.1) is 0 Å². The van der Waals surface area contributed by atoms with Gasteiger partial charge in [-0.25, -0.2) is 0 Å². The molecular weight excluding hydrogens is 951 g/mol. The number of rotatable bonds is 4. The van der Waals surface area contributed by atoms with Crippen LogP contribution in [0.3, 0.4) is 0 Å². The van der Waals surface area contributed by atoms with E-state index in [1.807, 2.05) is 24.3 Å². The first-order chi connectivity index (χ1) is 33.4. The summed E-state index contributed by atoms with van der Waals surface area (Å²) in [5, 5.41) is 4.34. The van der Waals surface area contributed by atoms with Gasteiger partial charge in [0.2, 0.25) is 0 Å². The molecule has 74 heavy (non-hydrogen) atoms. The molecule has 2 heterocycles. The summed E-state index contributed by atoms with van der Waals surface area (Å²) in [6.07, 6.45) is 0. The molecule has 2 aromatic heterocycles. The molecule has 6 nitrogen and oxygen atoms in total. The van der Waals surface area contributed by atoms with E-state index >= 15 is 0 Å². The summed E-state index contributed by atoms with van der Waals surface area (Å²) in [6.45, 7) is 63.9. The van der Waals surface area contributed by atoms with E-state index in [-0.39, 0.29) is 43.3 Å². The van der Waals surface area contributed by atoms with E-state index in [0.29, 0.717) is 11.5 Å². The minimum atomic E-state index is -2.06. The predicted molar refractivity (Wildman–Crippen MR) is 320 cm³/mol. The van der Waals surface area contributed by atoms with Crippen molar-refractivity contribution in [3.63, 3.8) is 0 Å². The molecule has 0 spiro atoms. The zero-order chi connectivity index (χ0) is 55.8. The van der Waals surface area contributed by atoms with Crippen LogP contribution in [0.4, 0.5) is 0 Å². The Morgan fingerprint density at radius 1 is 0.284 bits per heavy atom. The molecule has 0 saturated carbocycles. The first-order valence-electron chi connectivity index (χ1n) is 27.0. The van der Waals surface area contributed by atoms with Crippen molar-refractivity contribution < 1.29 is 25.8 Å². The number of fused-ring (bicyclic) bond motifs is 6. The molecule has 402 valence electrons. The standard InChI is InChI=1S/C66H92O6P2/c1-37-43(59(5,6)7)33-47(63(17,18)19)55-51(37)52-38(2)44(60(8,9)10)34-48(64(20,21)22)56(52)70-73(69-55)67-41-30-29-31-42(32-41)68-74-71-57-49(65(23,24)25)35-45(61(11,12)13)39(3)53(57)54-40(4)46(62(14,15)16)36-50(58(54)72-74)66(26,27)28/h29-36H,1-28H3. The summed E-state index contributed by atoms with van der Waals surface area (Å²) >= 11 is 0. The molecule has 0 fully saturated rings. The van der Waals surface area contributed by atoms with Crippen LogP contribution in [0.1, 0.15) is 233 Å². The average Bonchev–Trinajstić information content (AvgIpc) is 3.47. The number of hydrogen-bond acceptors (Lipinski definition) is 6. The van der Waals surface area contributed by atoms with Crippen LogP contribution in [0.2, 0.25) is 0 Å². The number of hydrogen-bond donors (Lipinski definition) is 0. The smallest absolute Gasteiger partial charge is 0.391 e. The Hall–Kier alpha value is -4.50. The summed E-state index contributed by atoms with van der Waals surface area (Å²) in [6, 6.07) is 17.2. The molecule has 0 aliphatic heterocycles. The van der Waals surface area contributed by atoms with Crippen LogP contribution < -0.4 is 9.05 Å².